The number of carbonyl (C=O) groups excluding carboxylic acids is 1. The molecule has 0 spiro atoms. The normalized spacial score (nSPS) is 30.4. The Hall–Kier alpha value is -0.770. The highest BCUT2D eigenvalue weighted by Crippen LogP contribution is 2.26. The van der Waals surface area contributed by atoms with Crippen molar-refractivity contribution in [3.8, 4) is 0 Å². The number of rotatable bonds is 2. The van der Waals surface area contributed by atoms with E-state index in [9.17, 15) is 4.79 Å². The van der Waals surface area contributed by atoms with Gasteiger partial charge in [0.2, 0.25) is 0 Å². The maximum atomic E-state index is 11.8. The van der Waals surface area contributed by atoms with Crippen LogP contribution in [0.25, 0.3) is 0 Å². The minimum Gasteiger partial charge on any atom is -0.393 e. The molecule has 0 unspecified atom stereocenters. The van der Waals surface area contributed by atoms with Crippen LogP contribution < -0.4 is 5.32 Å². The molecule has 1 saturated heterocycles. The van der Waals surface area contributed by atoms with Crippen molar-refractivity contribution in [1.82, 2.24) is 10.2 Å². The van der Waals surface area contributed by atoms with Crippen molar-refractivity contribution in [2.24, 2.45) is 5.92 Å². The predicted octanol–water partition coefficient (Wildman–Crippen LogP) is 1.34. The molecule has 1 heterocycles. The highest BCUT2D eigenvalue weighted by Gasteiger charge is 2.27. The lowest BCUT2D eigenvalue weighted by molar-refractivity contribution is 0.0434. The molecule has 2 N–H and O–H groups in total. The summed E-state index contributed by atoms with van der Waals surface area (Å²) in [6.07, 6.45) is 6.34. The molecule has 0 aromatic heterocycles. The third-order valence-electron chi connectivity index (χ3n) is 3.65. The van der Waals surface area contributed by atoms with E-state index >= 15 is 0 Å². The molecule has 2 fully saturated rings. The molecule has 0 atom stereocenters. The molecule has 2 amide bonds. The molecule has 0 bridgehead atoms. The molecule has 4 nitrogen and oxygen atoms in total. The van der Waals surface area contributed by atoms with Gasteiger partial charge < -0.3 is 15.3 Å². The second kappa shape index (κ2) is 5.53. The Morgan fingerprint density at radius 1 is 1.19 bits per heavy atom. The molecule has 1 saturated carbocycles. The number of likely N-dealkylation sites (tertiary alicyclic amines) is 1. The molecule has 0 aromatic carbocycles. The molecule has 2 aliphatic rings. The summed E-state index contributed by atoms with van der Waals surface area (Å²) in [7, 11) is 0. The van der Waals surface area contributed by atoms with Crippen LogP contribution in [0.2, 0.25) is 0 Å². The van der Waals surface area contributed by atoms with Crippen LogP contribution in [0.3, 0.4) is 0 Å². The van der Waals surface area contributed by atoms with Gasteiger partial charge in [-0.2, -0.15) is 0 Å². The number of amides is 2. The average molecular weight is 226 g/mol. The molecule has 2 rings (SSSR count). The van der Waals surface area contributed by atoms with Gasteiger partial charge in [-0.15, -0.1) is 0 Å². The summed E-state index contributed by atoms with van der Waals surface area (Å²) < 4.78 is 0. The van der Waals surface area contributed by atoms with Crippen molar-refractivity contribution in [2.75, 3.05) is 19.6 Å². The van der Waals surface area contributed by atoms with E-state index < -0.39 is 0 Å². The summed E-state index contributed by atoms with van der Waals surface area (Å²) in [4.78, 5) is 13.8. The standard InChI is InChI=1S/C12H22N2O2/c15-11-7-10(8-11)9-13-12(16)14-5-3-1-2-4-6-14/h10-11,15H,1-9H2,(H,13,16). The maximum absolute atomic E-state index is 11.8. The van der Waals surface area contributed by atoms with Crippen LogP contribution in [0.4, 0.5) is 4.79 Å². The lowest BCUT2D eigenvalue weighted by atomic mass is 9.82. The van der Waals surface area contributed by atoms with Crippen molar-refractivity contribution in [2.45, 2.75) is 44.6 Å². The molecule has 0 aromatic rings. The Morgan fingerprint density at radius 2 is 1.81 bits per heavy atom. The van der Waals surface area contributed by atoms with Gasteiger partial charge in [0.1, 0.15) is 0 Å². The molecule has 4 heteroatoms. The van der Waals surface area contributed by atoms with E-state index in [-0.39, 0.29) is 12.1 Å². The minimum absolute atomic E-state index is 0.0864. The molecule has 1 aliphatic heterocycles. The van der Waals surface area contributed by atoms with Crippen molar-refractivity contribution in [3.63, 3.8) is 0 Å². The van der Waals surface area contributed by atoms with Gasteiger partial charge in [-0.25, -0.2) is 4.79 Å². The van der Waals surface area contributed by atoms with E-state index in [0.29, 0.717) is 5.92 Å². The molecular formula is C12H22N2O2. The number of urea groups is 1. The lowest BCUT2D eigenvalue weighted by Gasteiger charge is -2.32. The second-order valence-electron chi connectivity index (χ2n) is 5.08. The Morgan fingerprint density at radius 3 is 2.38 bits per heavy atom. The fourth-order valence-corrected chi connectivity index (χ4v) is 2.48. The smallest absolute Gasteiger partial charge is 0.317 e. The van der Waals surface area contributed by atoms with Crippen LogP contribution in [-0.2, 0) is 0 Å². The summed E-state index contributed by atoms with van der Waals surface area (Å²) in [6, 6.07) is 0.0864. The first kappa shape index (κ1) is 11.7. The topological polar surface area (TPSA) is 52.6 Å². The fraction of sp³-hybridized carbons (Fsp3) is 0.917. The first-order valence-corrected chi connectivity index (χ1v) is 6.46. The molecule has 92 valence electrons. The van der Waals surface area contributed by atoms with Gasteiger partial charge >= 0.3 is 6.03 Å². The van der Waals surface area contributed by atoms with E-state index in [1.165, 1.54) is 12.8 Å². The number of aliphatic hydroxyl groups excluding tert-OH is 1. The van der Waals surface area contributed by atoms with Crippen LogP contribution in [0.1, 0.15) is 38.5 Å². The van der Waals surface area contributed by atoms with Crippen LogP contribution in [0.5, 0.6) is 0 Å². The fourth-order valence-electron chi connectivity index (χ4n) is 2.48. The Bertz CT molecular complexity index is 231. The largest absolute Gasteiger partial charge is 0.393 e. The number of nitrogens with zero attached hydrogens (tertiary/aromatic N) is 1. The predicted molar refractivity (Wildman–Crippen MR) is 62.2 cm³/mol. The Labute approximate surface area is 97.0 Å². The van der Waals surface area contributed by atoms with Crippen LogP contribution >= 0.6 is 0 Å². The van der Waals surface area contributed by atoms with Crippen molar-refractivity contribution >= 4 is 6.03 Å². The zero-order chi connectivity index (χ0) is 11.4. The summed E-state index contributed by atoms with van der Waals surface area (Å²) in [5, 5.41) is 12.1. The zero-order valence-corrected chi connectivity index (χ0v) is 9.82. The highest BCUT2D eigenvalue weighted by molar-refractivity contribution is 5.74. The lowest BCUT2D eigenvalue weighted by Crippen LogP contribution is -2.45. The van der Waals surface area contributed by atoms with Gasteiger partial charge in [0, 0.05) is 19.6 Å². The van der Waals surface area contributed by atoms with Gasteiger partial charge in [0.25, 0.3) is 0 Å². The monoisotopic (exact) mass is 226 g/mol. The van der Waals surface area contributed by atoms with Crippen LogP contribution in [0.15, 0.2) is 0 Å². The SMILES string of the molecule is O=C(NCC1CC(O)C1)N1CCCCCC1. The number of hydrogen-bond donors (Lipinski definition) is 2. The van der Waals surface area contributed by atoms with Crippen LogP contribution in [0, 0.1) is 5.92 Å². The van der Waals surface area contributed by atoms with E-state index in [1.807, 2.05) is 4.90 Å². The van der Waals surface area contributed by atoms with Crippen molar-refractivity contribution in [3.05, 3.63) is 0 Å². The molecular weight excluding hydrogens is 204 g/mol. The van der Waals surface area contributed by atoms with E-state index in [1.54, 1.807) is 0 Å². The third kappa shape index (κ3) is 3.11. The van der Waals surface area contributed by atoms with Gasteiger partial charge in [-0.05, 0) is 31.6 Å². The number of hydrogen-bond acceptors (Lipinski definition) is 2. The number of carbonyl (C=O) groups is 1. The Kier molecular flexibility index (Phi) is 4.04. The number of aliphatic hydroxyl groups is 1. The van der Waals surface area contributed by atoms with Gasteiger partial charge in [0.05, 0.1) is 6.10 Å². The van der Waals surface area contributed by atoms with Gasteiger partial charge in [0.15, 0.2) is 0 Å². The van der Waals surface area contributed by atoms with E-state index in [2.05, 4.69) is 5.32 Å². The van der Waals surface area contributed by atoms with Crippen molar-refractivity contribution in [1.29, 1.82) is 0 Å². The van der Waals surface area contributed by atoms with Gasteiger partial charge in [-0.3, -0.25) is 0 Å². The second-order valence-corrected chi connectivity index (χ2v) is 5.08. The van der Waals surface area contributed by atoms with E-state index in [4.69, 9.17) is 5.11 Å². The highest BCUT2D eigenvalue weighted by atomic mass is 16.3. The van der Waals surface area contributed by atoms with Crippen molar-refractivity contribution < 1.29 is 9.90 Å². The average Bonchev–Trinajstić information content (AvgIpc) is 2.50. The van der Waals surface area contributed by atoms with E-state index in [0.717, 1.165) is 45.3 Å². The zero-order valence-electron chi connectivity index (χ0n) is 9.82. The van der Waals surface area contributed by atoms with Gasteiger partial charge in [-0.1, -0.05) is 12.8 Å². The quantitative estimate of drug-likeness (QED) is 0.746. The van der Waals surface area contributed by atoms with Crippen LogP contribution in [-0.4, -0.2) is 41.8 Å². The summed E-state index contributed by atoms with van der Waals surface area (Å²) in [6.45, 7) is 2.53. The third-order valence-corrected chi connectivity index (χ3v) is 3.65. The first-order valence-electron chi connectivity index (χ1n) is 6.46. The minimum atomic E-state index is -0.125. The number of nitrogens with one attached hydrogen (secondary N) is 1. The first-order chi connectivity index (χ1) is 7.75. The molecule has 1 aliphatic carbocycles. The summed E-state index contributed by atoms with van der Waals surface area (Å²) in [5.74, 6) is 0.492. The molecule has 0 radical (unpaired) electrons. The summed E-state index contributed by atoms with van der Waals surface area (Å²) in [5.41, 5.74) is 0. The maximum Gasteiger partial charge on any atom is 0.317 e. The summed E-state index contributed by atoms with van der Waals surface area (Å²) >= 11 is 0. The molecule has 16 heavy (non-hydrogen) atoms. The Balaban J connectivity index is 1.66.